The van der Waals surface area contributed by atoms with Gasteiger partial charge in [0.05, 0.1) is 11.1 Å². The average molecular weight is 252 g/mol. The molecule has 2 rings (SSSR count). The summed E-state index contributed by atoms with van der Waals surface area (Å²) < 4.78 is 1.13. The molecule has 17 heavy (non-hydrogen) atoms. The van der Waals surface area contributed by atoms with Gasteiger partial charge in [-0.05, 0) is 11.4 Å². The van der Waals surface area contributed by atoms with Gasteiger partial charge in [0.25, 0.3) is 5.91 Å². The number of carboxylic acid groups (broad SMARTS) is 1. The van der Waals surface area contributed by atoms with Crippen molar-refractivity contribution in [2.75, 3.05) is 5.32 Å². The van der Waals surface area contributed by atoms with Crippen molar-refractivity contribution in [1.82, 2.24) is 15.0 Å². The summed E-state index contributed by atoms with van der Waals surface area (Å²) in [4.78, 5) is 22.6. The topological polar surface area (TPSA) is 97.1 Å². The molecule has 2 heterocycles. The van der Waals surface area contributed by atoms with Crippen LogP contribution in [0.15, 0.2) is 23.7 Å². The fraction of sp³-hybridized carbons (Fsp3) is 0.111. The molecule has 0 spiro atoms. The van der Waals surface area contributed by atoms with Crippen LogP contribution in [0.25, 0.3) is 0 Å². The lowest BCUT2D eigenvalue weighted by molar-refractivity contribution is -0.137. The molecule has 0 saturated heterocycles. The number of rotatable bonds is 4. The predicted molar refractivity (Wildman–Crippen MR) is 59.9 cm³/mol. The van der Waals surface area contributed by atoms with E-state index in [0.717, 1.165) is 4.68 Å². The molecule has 0 aliphatic carbocycles. The summed E-state index contributed by atoms with van der Waals surface area (Å²) in [6.45, 7) is -0.290. The Morgan fingerprint density at radius 2 is 2.35 bits per heavy atom. The van der Waals surface area contributed by atoms with Crippen LogP contribution in [0.4, 0.5) is 5.82 Å². The maximum Gasteiger partial charge on any atom is 0.325 e. The first-order valence-electron chi connectivity index (χ1n) is 4.62. The number of carbonyl (C=O) groups excluding carboxylic acids is 1. The summed E-state index contributed by atoms with van der Waals surface area (Å²) in [7, 11) is 0. The number of aromatic nitrogens is 3. The van der Waals surface area contributed by atoms with E-state index in [1.807, 2.05) is 0 Å². The van der Waals surface area contributed by atoms with Crippen LogP contribution in [0.1, 0.15) is 9.67 Å². The Hall–Kier alpha value is -2.22. The highest BCUT2D eigenvalue weighted by atomic mass is 32.1. The third kappa shape index (κ3) is 2.88. The standard InChI is InChI=1S/C9H8N4O3S/c14-8(15)5-13-4-7(11-12-13)10-9(16)6-2-1-3-17-6/h1-4H,5H2,(H,10,16)(H,14,15). The molecule has 8 heteroatoms. The number of carbonyl (C=O) groups is 2. The van der Waals surface area contributed by atoms with E-state index in [1.165, 1.54) is 17.5 Å². The minimum Gasteiger partial charge on any atom is -0.480 e. The Balaban J connectivity index is 2.02. The first-order chi connectivity index (χ1) is 8.15. The lowest BCUT2D eigenvalue weighted by atomic mass is 10.4. The van der Waals surface area contributed by atoms with E-state index in [2.05, 4.69) is 15.6 Å². The Morgan fingerprint density at radius 1 is 1.53 bits per heavy atom. The zero-order valence-corrected chi connectivity index (χ0v) is 9.35. The quantitative estimate of drug-likeness (QED) is 0.833. The number of nitrogens with zero attached hydrogens (tertiary/aromatic N) is 3. The van der Waals surface area contributed by atoms with Crippen LogP contribution >= 0.6 is 11.3 Å². The van der Waals surface area contributed by atoms with E-state index in [4.69, 9.17) is 5.11 Å². The van der Waals surface area contributed by atoms with Gasteiger partial charge in [0, 0.05) is 0 Å². The van der Waals surface area contributed by atoms with Crippen molar-refractivity contribution in [3.63, 3.8) is 0 Å². The predicted octanol–water partition coefficient (Wildman–Crippen LogP) is 0.677. The van der Waals surface area contributed by atoms with E-state index in [0.29, 0.717) is 4.88 Å². The van der Waals surface area contributed by atoms with Gasteiger partial charge in [0.15, 0.2) is 5.82 Å². The number of carboxylic acids is 1. The minimum atomic E-state index is -1.02. The lowest BCUT2D eigenvalue weighted by Crippen LogP contribution is -2.10. The second-order valence-electron chi connectivity index (χ2n) is 3.13. The first kappa shape index (κ1) is 11.3. The van der Waals surface area contributed by atoms with Crippen molar-refractivity contribution < 1.29 is 14.7 Å². The lowest BCUT2D eigenvalue weighted by Gasteiger charge is -1.96. The number of amides is 1. The average Bonchev–Trinajstić information content (AvgIpc) is 2.87. The van der Waals surface area contributed by atoms with Crippen molar-refractivity contribution in [1.29, 1.82) is 0 Å². The number of anilines is 1. The highest BCUT2D eigenvalue weighted by Crippen LogP contribution is 2.10. The zero-order chi connectivity index (χ0) is 12.3. The summed E-state index contributed by atoms with van der Waals surface area (Å²) >= 11 is 1.31. The molecule has 0 aliphatic heterocycles. The van der Waals surface area contributed by atoms with Crippen LogP contribution in [-0.2, 0) is 11.3 Å². The number of thiophene rings is 1. The highest BCUT2D eigenvalue weighted by molar-refractivity contribution is 7.12. The van der Waals surface area contributed by atoms with Gasteiger partial charge < -0.3 is 10.4 Å². The van der Waals surface area contributed by atoms with E-state index >= 15 is 0 Å². The van der Waals surface area contributed by atoms with Gasteiger partial charge in [-0.15, -0.1) is 16.4 Å². The number of hydrogen-bond donors (Lipinski definition) is 2. The summed E-state index contributed by atoms with van der Waals surface area (Å²) in [5.41, 5.74) is 0. The van der Waals surface area contributed by atoms with E-state index in [9.17, 15) is 9.59 Å². The largest absolute Gasteiger partial charge is 0.480 e. The number of aliphatic carboxylic acids is 1. The van der Waals surface area contributed by atoms with Crippen LogP contribution < -0.4 is 5.32 Å². The molecule has 0 atom stereocenters. The van der Waals surface area contributed by atoms with Gasteiger partial charge in [-0.1, -0.05) is 11.3 Å². The van der Waals surface area contributed by atoms with E-state index < -0.39 is 5.97 Å². The molecule has 0 radical (unpaired) electrons. The number of nitrogens with one attached hydrogen (secondary N) is 1. The van der Waals surface area contributed by atoms with Gasteiger partial charge in [0.1, 0.15) is 6.54 Å². The molecule has 0 saturated carbocycles. The Bertz CT molecular complexity index is 534. The van der Waals surface area contributed by atoms with Gasteiger partial charge in [-0.2, -0.15) is 0 Å². The zero-order valence-electron chi connectivity index (χ0n) is 8.53. The van der Waals surface area contributed by atoms with Crippen molar-refractivity contribution in [3.05, 3.63) is 28.6 Å². The SMILES string of the molecule is O=C(O)Cn1cc(NC(=O)c2cccs2)nn1. The molecule has 2 aromatic heterocycles. The summed E-state index contributed by atoms with van der Waals surface area (Å²) in [5, 5.41) is 20.1. The van der Waals surface area contributed by atoms with Crippen LogP contribution in [-0.4, -0.2) is 32.0 Å². The second kappa shape index (κ2) is 4.74. The maximum absolute atomic E-state index is 11.6. The number of hydrogen-bond acceptors (Lipinski definition) is 5. The molecular weight excluding hydrogens is 244 g/mol. The van der Waals surface area contributed by atoms with Crippen LogP contribution in [0, 0.1) is 0 Å². The molecule has 7 nitrogen and oxygen atoms in total. The molecule has 0 fully saturated rings. The molecule has 0 aromatic carbocycles. The van der Waals surface area contributed by atoms with Crippen molar-refractivity contribution in [3.8, 4) is 0 Å². The Kier molecular flexibility index (Phi) is 3.15. The Labute approximate surface area is 99.7 Å². The normalized spacial score (nSPS) is 10.1. The maximum atomic E-state index is 11.6. The molecule has 1 amide bonds. The summed E-state index contributed by atoms with van der Waals surface area (Å²) in [5.74, 6) is -1.09. The molecule has 0 unspecified atom stereocenters. The minimum absolute atomic E-state index is 0.227. The Morgan fingerprint density at radius 3 is 3.00 bits per heavy atom. The molecule has 0 bridgehead atoms. The van der Waals surface area contributed by atoms with E-state index in [1.54, 1.807) is 17.5 Å². The molecule has 2 aromatic rings. The second-order valence-corrected chi connectivity index (χ2v) is 4.07. The van der Waals surface area contributed by atoms with Crippen molar-refractivity contribution >= 4 is 29.0 Å². The molecular formula is C9H8N4O3S. The van der Waals surface area contributed by atoms with Gasteiger partial charge in [-0.25, -0.2) is 4.68 Å². The van der Waals surface area contributed by atoms with Crippen LogP contribution in [0.5, 0.6) is 0 Å². The third-order valence-electron chi connectivity index (χ3n) is 1.82. The van der Waals surface area contributed by atoms with Crippen molar-refractivity contribution in [2.24, 2.45) is 0 Å². The fourth-order valence-corrected chi connectivity index (χ4v) is 1.78. The van der Waals surface area contributed by atoms with Gasteiger partial charge in [0.2, 0.25) is 0 Å². The highest BCUT2D eigenvalue weighted by Gasteiger charge is 2.10. The fourth-order valence-electron chi connectivity index (χ4n) is 1.16. The monoisotopic (exact) mass is 252 g/mol. The van der Waals surface area contributed by atoms with Crippen LogP contribution in [0.3, 0.4) is 0 Å². The first-order valence-corrected chi connectivity index (χ1v) is 5.50. The van der Waals surface area contributed by atoms with Gasteiger partial charge in [-0.3, -0.25) is 9.59 Å². The van der Waals surface area contributed by atoms with Crippen molar-refractivity contribution in [2.45, 2.75) is 6.54 Å². The smallest absolute Gasteiger partial charge is 0.325 e. The van der Waals surface area contributed by atoms with Crippen LogP contribution in [0.2, 0.25) is 0 Å². The molecule has 2 N–H and O–H groups in total. The molecule has 0 aliphatic rings. The van der Waals surface area contributed by atoms with E-state index in [-0.39, 0.29) is 18.3 Å². The summed E-state index contributed by atoms with van der Waals surface area (Å²) in [6, 6.07) is 3.45. The molecule has 88 valence electrons. The van der Waals surface area contributed by atoms with Gasteiger partial charge >= 0.3 is 5.97 Å². The third-order valence-corrected chi connectivity index (χ3v) is 2.69. The summed E-state index contributed by atoms with van der Waals surface area (Å²) in [6.07, 6.45) is 1.36.